The molecule has 0 saturated heterocycles. The van der Waals surface area contributed by atoms with Gasteiger partial charge in [0.25, 0.3) is 0 Å². The molecule has 0 bridgehead atoms. The van der Waals surface area contributed by atoms with Gasteiger partial charge in [-0.1, -0.05) is 0 Å². The first-order valence-corrected chi connectivity index (χ1v) is 8.99. The zero-order valence-corrected chi connectivity index (χ0v) is 13.6. The summed E-state index contributed by atoms with van der Waals surface area (Å²) in [5.41, 5.74) is 0. The number of nitrogens with one attached hydrogen (secondary N) is 1. The minimum atomic E-state index is -3.80. The summed E-state index contributed by atoms with van der Waals surface area (Å²) >= 11 is 4.53. The molecular formula is C10H14BrNO5S2. The summed E-state index contributed by atoms with van der Waals surface area (Å²) in [5.74, 6) is -0.919. The van der Waals surface area contributed by atoms with Gasteiger partial charge >= 0.3 is 5.97 Å². The zero-order valence-electron chi connectivity index (χ0n) is 10.3. The van der Waals surface area contributed by atoms with Crippen molar-refractivity contribution in [2.75, 3.05) is 12.0 Å². The molecule has 6 nitrogen and oxygen atoms in total. The van der Waals surface area contributed by atoms with Crippen LogP contribution in [-0.2, 0) is 10.0 Å². The van der Waals surface area contributed by atoms with Crippen LogP contribution in [0.15, 0.2) is 20.0 Å². The molecule has 0 spiro atoms. The van der Waals surface area contributed by atoms with Gasteiger partial charge in [0, 0.05) is 12.1 Å². The zero-order chi connectivity index (χ0) is 14.6. The molecule has 0 aliphatic carbocycles. The van der Waals surface area contributed by atoms with E-state index in [1.807, 2.05) is 6.26 Å². The number of thioether (sulfide) groups is 1. The van der Waals surface area contributed by atoms with Crippen LogP contribution in [0.1, 0.15) is 23.9 Å². The summed E-state index contributed by atoms with van der Waals surface area (Å²) in [6.45, 7) is 1.75. The van der Waals surface area contributed by atoms with E-state index in [1.54, 1.807) is 18.7 Å². The second-order valence-electron chi connectivity index (χ2n) is 3.86. The maximum absolute atomic E-state index is 12.1. The van der Waals surface area contributed by atoms with Gasteiger partial charge in [0.1, 0.15) is 4.90 Å². The topological polar surface area (TPSA) is 96.6 Å². The van der Waals surface area contributed by atoms with Gasteiger partial charge in [-0.2, -0.15) is 11.8 Å². The molecule has 19 heavy (non-hydrogen) atoms. The smallest absolute Gasteiger partial charge is 0.371 e. The van der Waals surface area contributed by atoms with E-state index < -0.39 is 21.8 Å². The predicted molar refractivity (Wildman–Crippen MR) is 76.1 cm³/mol. The number of hydrogen-bond acceptors (Lipinski definition) is 5. The highest BCUT2D eigenvalue weighted by molar-refractivity contribution is 9.10. The molecule has 9 heteroatoms. The van der Waals surface area contributed by atoms with E-state index in [4.69, 9.17) is 9.52 Å². The fourth-order valence-electron chi connectivity index (χ4n) is 1.32. The molecule has 1 heterocycles. The summed E-state index contributed by atoms with van der Waals surface area (Å²) in [6.07, 6.45) is 2.62. The lowest BCUT2D eigenvalue weighted by atomic mass is 10.3. The van der Waals surface area contributed by atoms with E-state index in [0.717, 1.165) is 11.8 Å². The Labute approximate surface area is 124 Å². The first-order chi connectivity index (χ1) is 8.77. The van der Waals surface area contributed by atoms with Crippen molar-refractivity contribution in [1.29, 1.82) is 0 Å². The van der Waals surface area contributed by atoms with Crippen LogP contribution >= 0.6 is 27.7 Å². The third-order valence-corrected chi connectivity index (χ3v) is 5.36. The van der Waals surface area contributed by atoms with Crippen LogP contribution in [0.5, 0.6) is 0 Å². The molecule has 1 rings (SSSR count). The highest BCUT2D eigenvalue weighted by atomic mass is 79.9. The molecular weight excluding hydrogens is 358 g/mol. The number of hydrogen-bond donors (Lipinski definition) is 2. The molecule has 0 aromatic carbocycles. The summed E-state index contributed by atoms with van der Waals surface area (Å²) in [6, 6.07) is 0.739. The molecule has 108 valence electrons. The molecule has 2 N–H and O–H groups in total. The van der Waals surface area contributed by atoms with Gasteiger partial charge in [0.05, 0.1) is 0 Å². The molecule has 0 aliphatic rings. The number of carbonyl (C=O) groups is 1. The number of halogens is 1. The first-order valence-electron chi connectivity index (χ1n) is 5.32. The normalized spacial score (nSPS) is 13.4. The van der Waals surface area contributed by atoms with Crippen molar-refractivity contribution in [3.05, 3.63) is 16.5 Å². The minimum absolute atomic E-state index is 0.116. The van der Waals surface area contributed by atoms with E-state index in [0.29, 0.717) is 6.42 Å². The lowest BCUT2D eigenvalue weighted by Crippen LogP contribution is -2.33. The molecule has 0 saturated carbocycles. The third kappa shape index (κ3) is 4.51. The molecule has 0 amide bonds. The second-order valence-corrected chi connectivity index (χ2v) is 7.25. The van der Waals surface area contributed by atoms with Crippen molar-refractivity contribution in [1.82, 2.24) is 4.72 Å². The molecule has 0 fully saturated rings. The van der Waals surface area contributed by atoms with E-state index in [9.17, 15) is 13.2 Å². The van der Waals surface area contributed by atoms with Crippen LogP contribution in [-0.4, -0.2) is 37.5 Å². The van der Waals surface area contributed by atoms with Crippen molar-refractivity contribution in [3.63, 3.8) is 0 Å². The maximum atomic E-state index is 12.1. The Morgan fingerprint density at radius 3 is 2.74 bits per heavy atom. The van der Waals surface area contributed by atoms with Crippen molar-refractivity contribution < 1.29 is 22.7 Å². The van der Waals surface area contributed by atoms with Crippen molar-refractivity contribution >= 4 is 43.7 Å². The number of carboxylic acids is 1. The monoisotopic (exact) mass is 371 g/mol. The number of carboxylic acid groups (broad SMARTS) is 1. The lowest BCUT2D eigenvalue weighted by molar-refractivity contribution is 0.0661. The van der Waals surface area contributed by atoms with Crippen LogP contribution in [0.3, 0.4) is 0 Å². The highest BCUT2D eigenvalue weighted by Crippen LogP contribution is 2.26. The molecule has 1 aromatic heterocycles. The summed E-state index contributed by atoms with van der Waals surface area (Å²) in [5, 5.41) is 8.75. The van der Waals surface area contributed by atoms with Gasteiger partial charge in [0.2, 0.25) is 15.8 Å². The van der Waals surface area contributed by atoms with E-state index >= 15 is 0 Å². The van der Waals surface area contributed by atoms with E-state index in [1.165, 1.54) is 0 Å². The van der Waals surface area contributed by atoms with Gasteiger partial charge in [0.15, 0.2) is 4.67 Å². The highest BCUT2D eigenvalue weighted by Gasteiger charge is 2.26. The van der Waals surface area contributed by atoms with Gasteiger partial charge < -0.3 is 9.52 Å². The second kappa shape index (κ2) is 6.78. The standard InChI is InChI=1S/C10H14BrNO5S2/c1-6(3-4-18-2)12-19(15,16)8-5-7(10(13)14)17-9(8)11/h5-6,12H,3-4H2,1-2H3,(H,13,14). The van der Waals surface area contributed by atoms with Gasteiger partial charge in [-0.05, 0) is 41.3 Å². The fraction of sp³-hybridized carbons (Fsp3) is 0.500. The molecule has 0 radical (unpaired) electrons. The van der Waals surface area contributed by atoms with E-state index in [2.05, 4.69) is 20.7 Å². The number of rotatable bonds is 7. The number of furan rings is 1. The van der Waals surface area contributed by atoms with Crippen LogP contribution in [0, 0.1) is 0 Å². The van der Waals surface area contributed by atoms with Crippen molar-refractivity contribution in [2.45, 2.75) is 24.3 Å². The van der Waals surface area contributed by atoms with Gasteiger partial charge in [-0.3, -0.25) is 0 Å². The average Bonchev–Trinajstić information content (AvgIpc) is 2.69. The minimum Gasteiger partial charge on any atom is -0.475 e. The van der Waals surface area contributed by atoms with Crippen molar-refractivity contribution in [2.24, 2.45) is 0 Å². The van der Waals surface area contributed by atoms with Gasteiger partial charge in [-0.15, -0.1) is 0 Å². The Hall–Kier alpha value is -0.510. The van der Waals surface area contributed by atoms with Crippen LogP contribution in [0.25, 0.3) is 0 Å². The molecule has 1 unspecified atom stereocenters. The van der Waals surface area contributed by atoms with Crippen molar-refractivity contribution in [3.8, 4) is 0 Å². The number of aromatic carboxylic acids is 1. The molecule has 0 aliphatic heterocycles. The summed E-state index contributed by atoms with van der Waals surface area (Å²) in [4.78, 5) is 10.5. The van der Waals surface area contributed by atoms with Crippen LogP contribution in [0.2, 0.25) is 0 Å². The van der Waals surface area contributed by atoms with Crippen LogP contribution < -0.4 is 4.72 Å². The molecule has 1 atom stereocenters. The lowest BCUT2D eigenvalue weighted by Gasteiger charge is -2.12. The Kier molecular flexibility index (Phi) is 5.90. The first kappa shape index (κ1) is 16.5. The largest absolute Gasteiger partial charge is 0.475 e. The third-order valence-electron chi connectivity index (χ3n) is 2.27. The summed E-state index contributed by atoms with van der Waals surface area (Å²) < 4.78 is 31.3. The SMILES string of the molecule is CSCCC(C)NS(=O)(=O)c1cc(C(=O)O)oc1Br. The van der Waals surface area contributed by atoms with Crippen LogP contribution in [0.4, 0.5) is 0 Å². The van der Waals surface area contributed by atoms with Gasteiger partial charge in [-0.25, -0.2) is 17.9 Å². The number of sulfonamides is 1. The molecule has 1 aromatic rings. The Morgan fingerprint density at radius 2 is 2.26 bits per heavy atom. The Balaban J connectivity index is 2.91. The Bertz CT molecular complexity index is 554. The maximum Gasteiger partial charge on any atom is 0.371 e. The predicted octanol–water partition coefficient (Wildman–Crippen LogP) is 2.16. The summed E-state index contributed by atoms with van der Waals surface area (Å²) in [7, 11) is -3.80. The quantitative estimate of drug-likeness (QED) is 0.762. The average molecular weight is 372 g/mol. The Morgan fingerprint density at radius 1 is 1.63 bits per heavy atom. The fourth-order valence-corrected chi connectivity index (χ4v) is 4.13. The van der Waals surface area contributed by atoms with E-state index in [-0.39, 0.29) is 15.6 Å².